The average molecular weight is 444 g/mol. The van der Waals surface area contributed by atoms with Gasteiger partial charge in [-0.25, -0.2) is 4.39 Å². The Bertz CT molecular complexity index is 677. The number of fused-ring (bicyclic) bond motifs is 1. The molecular formula is C18H26FIN4. The summed E-state index contributed by atoms with van der Waals surface area (Å²) in [5.41, 5.74) is 2.08. The number of aromatic nitrogens is 1. The van der Waals surface area contributed by atoms with Crippen molar-refractivity contribution < 1.29 is 4.39 Å². The Kier molecular flexibility index (Phi) is 7.33. The summed E-state index contributed by atoms with van der Waals surface area (Å²) in [6, 6.07) is 5.40. The lowest BCUT2D eigenvalue weighted by Gasteiger charge is -2.16. The highest BCUT2D eigenvalue weighted by atomic mass is 127. The Hall–Kier alpha value is -1.31. The first-order valence-corrected chi connectivity index (χ1v) is 8.56. The molecule has 0 atom stereocenters. The van der Waals surface area contributed by atoms with Gasteiger partial charge in [0.15, 0.2) is 5.96 Å². The molecule has 24 heavy (non-hydrogen) atoms. The van der Waals surface area contributed by atoms with Crippen molar-refractivity contribution in [1.82, 2.24) is 15.6 Å². The first-order valence-electron chi connectivity index (χ1n) is 8.56. The monoisotopic (exact) mass is 444 g/mol. The van der Waals surface area contributed by atoms with Crippen LogP contribution in [0.1, 0.15) is 38.2 Å². The number of aliphatic imine (C=N–C) groups is 1. The number of aromatic amines is 1. The molecule has 3 N–H and O–H groups in total. The van der Waals surface area contributed by atoms with E-state index in [4.69, 9.17) is 0 Å². The van der Waals surface area contributed by atoms with E-state index in [0.29, 0.717) is 12.6 Å². The van der Waals surface area contributed by atoms with Crippen molar-refractivity contribution in [3.63, 3.8) is 0 Å². The zero-order valence-corrected chi connectivity index (χ0v) is 16.4. The lowest BCUT2D eigenvalue weighted by molar-refractivity contribution is 0.614. The smallest absolute Gasteiger partial charge is 0.191 e. The van der Waals surface area contributed by atoms with E-state index in [2.05, 4.69) is 27.5 Å². The third-order valence-electron chi connectivity index (χ3n) is 4.42. The minimum atomic E-state index is -0.196. The number of nitrogens with one attached hydrogen (secondary N) is 3. The van der Waals surface area contributed by atoms with Gasteiger partial charge in [-0.3, -0.25) is 4.99 Å². The average Bonchev–Trinajstić information content (AvgIpc) is 3.17. The van der Waals surface area contributed by atoms with Gasteiger partial charge in [0.1, 0.15) is 5.82 Å². The molecular weight excluding hydrogens is 418 g/mol. The van der Waals surface area contributed by atoms with Crippen molar-refractivity contribution in [2.45, 2.75) is 45.1 Å². The van der Waals surface area contributed by atoms with Crippen molar-refractivity contribution in [2.24, 2.45) is 4.99 Å². The SMILES string of the molecule is CCNC(=NCCc1c[nH]c2ccc(F)cc12)NC1CCCC1.I. The molecule has 1 aromatic heterocycles. The van der Waals surface area contributed by atoms with Crippen molar-refractivity contribution in [1.29, 1.82) is 0 Å². The van der Waals surface area contributed by atoms with Crippen LogP contribution in [0.4, 0.5) is 4.39 Å². The fourth-order valence-electron chi connectivity index (χ4n) is 3.23. The van der Waals surface area contributed by atoms with Gasteiger partial charge < -0.3 is 15.6 Å². The Morgan fingerprint density at radius 1 is 1.33 bits per heavy atom. The van der Waals surface area contributed by atoms with Crippen molar-refractivity contribution in [3.05, 3.63) is 35.8 Å². The Morgan fingerprint density at radius 3 is 2.88 bits per heavy atom. The molecule has 0 bridgehead atoms. The topological polar surface area (TPSA) is 52.2 Å². The van der Waals surface area contributed by atoms with Crippen LogP contribution in [0.15, 0.2) is 29.4 Å². The highest BCUT2D eigenvalue weighted by Gasteiger charge is 2.15. The van der Waals surface area contributed by atoms with Crippen LogP contribution >= 0.6 is 24.0 Å². The number of H-pyrrole nitrogens is 1. The molecule has 0 radical (unpaired) electrons. The van der Waals surface area contributed by atoms with Gasteiger partial charge in [-0.15, -0.1) is 24.0 Å². The van der Waals surface area contributed by atoms with Crippen molar-refractivity contribution in [2.75, 3.05) is 13.1 Å². The molecule has 132 valence electrons. The molecule has 1 saturated carbocycles. The summed E-state index contributed by atoms with van der Waals surface area (Å²) in [6.07, 6.45) is 7.82. The zero-order valence-electron chi connectivity index (χ0n) is 14.1. The number of halogens is 2. The molecule has 0 spiro atoms. The molecule has 6 heteroatoms. The van der Waals surface area contributed by atoms with E-state index in [-0.39, 0.29) is 29.8 Å². The van der Waals surface area contributed by atoms with Gasteiger partial charge >= 0.3 is 0 Å². The van der Waals surface area contributed by atoms with Crippen LogP contribution in [0.25, 0.3) is 10.9 Å². The molecule has 0 unspecified atom stereocenters. The van der Waals surface area contributed by atoms with Gasteiger partial charge in [0.25, 0.3) is 0 Å². The van der Waals surface area contributed by atoms with Gasteiger partial charge in [-0.1, -0.05) is 12.8 Å². The number of rotatable bonds is 5. The minimum Gasteiger partial charge on any atom is -0.361 e. The summed E-state index contributed by atoms with van der Waals surface area (Å²) in [6.45, 7) is 3.62. The maximum absolute atomic E-state index is 13.4. The largest absolute Gasteiger partial charge is 0.361 e. The van der Waals surface area contributed by atoms with E-state index < -0.39 is 0 Å². The van der Waals surface area contributed by atoms with E-state index in [1.54, 1.807) is 12.1 Å². The second-order valence-electron chi connectivity index (χ2n) is 6.14. The van der Waals surface area contributed by atoms with Gasteiger partial charge in [-0.2, -0.15) is 0 Å². The lowest BCUT2D eigenvalue weighted by Crippen LogP contribution is -2.42. The quantitative estimate of drug-likeness (QED) is 0.372. The number of nitrogens with zero attached hydrogens (tertiary/aromatic N) is 1. The minimum absolute atomic E-state index is 0. The summed E-state index contributed by atoms with van der Waals surface area (Å²) in [4.78, 5) is 7.86. The summed E-state index contributed by atoms with van der Waals surface area (Å²) < 4.78 is 13.4. The van der Waals surface area contributed by atoms with Crippen LogP contribution in [0.5, 0.6) is 0 Å². The molecule has 1 aromatic carbocycles. The zero-order chi connectivity index (χ0) is 16.1. The third kappa shape index (κ3) is 4.84. The maximum Gasteiger partial charge on any atom is 0.191 e. The molecule has 3 rings (SSSR count). The van der Waals surface area contributed by atoms with Crippen LogP contribution < -0.4 is 10.6 Å². The molecule has 1 fully saturated rings. The Labute approximate surface area is 159 Å². The molecule has 0 amide bonds. The van der Waals surface area contributed by atoms with Crippen LogP contribution in [0, 0.1) is 5.82 Å². The molecule has 0 aliphatic heterocycles. The predicted octanol–water partition coefficient (Wildman–Crippen LogP) is 3.97. The fraction of sp³-hybridized carbons (Fsp3) is 0.500. The summed E-state index contributed by atoms with van der Waals surface area (Å²) in [7, 11) is 0. The second-order valence-corrected chi connectivity index (χ2v) is 6.14. The molecule has 4 nitrogen and oxygen atoms in total. The molecule has 0 saturated heterocycles. The third-order valence-corrected chi connectivity index (χ3v) is 4.42. The normalized spacial score (nSPS) is 15.5. The first-order chi connectivity index (χ1) is 11.3. The number of benzene rings is 1. The molecule has 2 aromatic rings. The van der Waals surface area contributed by atoms with Gasteiger partial charge in [0.05, 0.1) is 0 Å². The standard InChI is InChI=1S/C18H25FN4.HI/c1-2-20-18(23-15-5-3-4-6-15)21-10-9-13-12-22-17-8-7-14(19)11-16(13)17;/h7-8,11-12,15,22H,2-6,9-10H2,1H3,(H2,20,21,23);1H. The van der Waals surface area contributed by atoms with Crippen LogP contribution in [-0.2, 0) is 6.42 Å². The van der Waals surface area contributed by atoms with Gasteiger partial charge in [0, 0.05) is 36.2 Å². The summed E-state index contributed by atoms with van der Waals surface area (Å²) in [5, 5.41) is 7.77. The molecule has 1 heterocycles. The summed E-state index contributed by atoms with van der Waals surface area (Å²) in [5.74, 6) is 0.698. The van der Waals surface area contributed by atoms with Crippen LogP contribution in [0.2, 0.25) is 0 Å². The Balaban J connectivity index is 0.00000208. The summed E-state index contributed by atoms with van der Waals surface area (Å²) >= 11 is 0. The highest BCUT2D eigenvalue weighted by molar-refractivity contribution is 14.0. The number of guanidine groups is 1. The maximum atomic E-state index is 13.4. The number of hydrogen-bond acceptors (Lipinski definition) is 1. The molecule has 1 aliphatic rings. The van der Waals surface area contributed by atoms with Crippen LogP contribution in [0.3, 0.4) is 0 Å². The van der Waals surface area contributed by atoms with Gasteiger partial charge in [0.2, 0.25) is 0 Å². The van der Waals surface area contributed by atoms with E-state index in [1.807, 2.05) is 6.20 Å². The first kappa shape index (κ1) is 19.0. The predicted molar refractivity (Wildman–Crippen MR) is 109 cm³/mol. The molecule has 1 aliphatic carbocycles. The lowest BCUT2D eigenvalue weighted by atomic mass is 10.1. The number of hydrogen-bond donors (Lipinski definition) is 3. The van der Waals surface area contributed by atoms with Gasteiger partial charge in [-0.05, 0) is 49.9 Å². The van der Waals surface area contributed by atoms with E-state index in [0.717, 1.165) is 35.4 Å². The van der Waals surface area contributed by atoms with Crippen molar-refractivity contribution >= 4 is 40.8 Å². The highest BCUT2D eigenvalue weighted by Crippen LogP contribution is 2.20. The van der Waals surface area contributed by atoms with Crippen LogP contribution in [-0.4, -0.2) is 30.1 Å². The fourth-order valence-corrected chi connectivity index (χ4v) is 3.23. The van der Waals surface area contributed by atoms with E-state index in [9.17, 15) is 4.39 Å². The second kappa shape index (κ2) is 9.25. The van der Waals surface area contributed by atoms with E-state index in [1.165, 1.54) is 31.7 Å². The Morgan fingerprint density at radius 2 is 2.12 bits per heavy atom. The van der Waals surface area contributed by atoms with Crippen molar-refractivity contribution in [3.8, 4) is 0 Å². The van der Waals surface area contributed by atoms with E-state index >= 15 is 0 Å².